The van der Waals surface area contributed by atoms with Crippen LogP contribution in [0.5, 0.6) is 0 Å². The Morgan fingerprint density at radius 3 is 2.65 bits per heavy atom. The van der Waals surface area contributed by atoms with Crippen molar-refractivity contribution in [2.45, 2.75) is 18.8 Å². The van der Waals surface area contributed by atoms with Gasteiger partial charge in [-0.3, -0.25) is 19.4 Å². The van der Waals surface area contributed by atoms with Crippen LogP contribution in [0.1, 0.15) is 24.5 Å². The van der Waals surface area contributed by atoms with Crippen LogP contribution in [-0.4, -0.2) is 57.4 Å². The molecule has 2 aromatic rings. The first-order chi connectivity index (χ1) is 11.2. The molecule has 0 aromatic carbocycles. The van der Waals surface area contributed by atoms with Crippen molar-refractivity contribution in [3.8, 4) is 11.4 Å². The SMILES string of the molecule is COCC(=O)N1CCC(c2nccnc2-c2ccnn2C)CC1. The van der Waals surface area contributed by atoms with E-state index < -0.39 is 0 Å². The number of aryl methyl sites for hydroxylation is 1. The van der Waals surface area contributed by atoms with Crippen LogP contribution in [0, 0.1) is 0 Å². The maximum Gasteiger partial charge on any atom is 0.248 e. The largest absolute Gasteiger partial charge is 0.375 e. The molecule has 0 spiro atoms. The zero-order chi connectivity index (χ0) is 16.2. The number of piperidine rings is 1. The summed E-state index contributed by atoms with van der Waals surface area (Å²) in [6, 6.07) is 1.95. The Labute approximate surface area is 135 Å². The van der Waals surface area contributed by atoms with Gasteiger partial charge in [0.15, 0.2) is 0 Å². The predicted molar refractivity (Wildman–Crippen MR) is 84.7 cm³/mol. The molecule has 23 heavy (non-hydrogen) atoms. The molecule has 0 atom stereocenters. The standard InChI is InChI=1S/C16H21N5O2/c1-20-13(3-6-19-20)16-15(17-7-8-18-16)12-4-9-21(10-5-12)14(22)11-23-2/h3,6-8,12H,4-5,9-11H2,1-2H3. The fraction of sp³-hybridized carbons (Fsp3) is 0.500. The van der Waals surface area contributed by atoms with Gasteiger partial charge in [-0.05, 0) is 18.9 Å². The molecule has 0 bridgehead atoms. The molecule has 0 saturated carbocycles. The van der Waals surface area contributed by atoms with Crippen LogP contribution in [0.15, 0.2) is 24.7 Å². The lowest BCUT2D eigenvalue weighted by atomic mass is 9.91. The molecule has 0 N–H and O–H groups in total. The normalized spacial score (nSPS) is 15.8. The van der Waals surface area contributed by atoms with Crippen molar-refractivity contribution < 1.29 is 9.53 Å². The number of carbonyl (C=O) groups is 1. The third kappa shape index (κ3) is 3.24. The second-order valence-electron chi connectivity index (χ2n) is 5.72. The number of aromatic nitrogens is 4. The first kappa shape index (κ1) is 15.6. The number of nitrogens with zero attached hydrogens (tertiary/aromatic N) is 5. The van der Waals surface area contributed by atoms with Gasteiger partial charge >= 0.3 is 0 Å². The number of hydrogen-bond acceptors (Lipinski definition) is 5. The Bertz CT molecular complexity index is 677. The van der Waals surface area contributed by atoms with Crippen molar-refractivity contribution in [1.29, 1.82) is 0 Å². The average molecular weight is 315 g/mol. The van der Waals surface area contributed by atoms with Crippen LogP contribution >= 0.6 is 0 Å². The van der Waals surface area contributed by atoms with Crippen molar-refractivity contribution in [2.24, 2.45) is 7.05 Å². The van der Waals surface area contributed by atoms with Gasteiger partial charge in [0.2, 0.25) is 5.91 Å². The molecule has 7 nitrogen and oxygen atoms in total. The minimum Gasteiger partial charge on any atom is -0.375 e. The van der Waals surface area contributed by atoms with Crippen molar-refractivity contribution in [1.82, 2.24) is 24.6 Å². The average Bonchev–Trinajstić information content (AvgIpc) is 3.01. The van der Waals surface area contributed by atoms with E-state index in [9.17, 15) is 4.79 Å². The third-order valence-corrected chi connectivity index (χ3v) is 4.29. The summed E-state index contributed by atoms with van der Waals surface area (Å²) in [7, 11) is 3.45. The van der Waals surface area contributed by atoms with E-state index in [1.165, 1.54) is 0 Å². The van der Waals surface area contributed by atoms with E-state index in [2.05, 4.69) is 15.1 Å². The highest BCUT2D eigenvalue weighted by Crippen LogP contribution is 2.32. The summed E-state index contributed by atoms with van der Waals surface area (Å²) in [5.74, 6) is 0.358. The summed E-state index contributed by atoms with van der Waals surface area (Å²) in [5.41, 5.74) is 2.84. The van der Waals surface area contributed by atoms with Crippen LogP contribution < -0.4 is 0 Å². The molecule has 0 unspecified atom stereocenters. The molecule has 1 aliphatic heterocycles. The molecule has 0 aliphatic carbocycles. The number of hydrogen-bond donors (Lipinski definition) is 0. The topological polar surface area (TPSA) is 73.1 Å². The Balaban J connectivity index is 1.77. The van der Waals surface area contributed by atoms with E-state index in [1.807, 2.05) is 22.7 Å². The second kappa shape index (κ2) is 6.87. The van der Waals surface area contributed by atoms with Crippen molar-refractivity contribution in [3.05, 3.63) is 30.4 Å². The molecule has 3 heterocycles. The number of likely N-dealkylation sites (tertiary alicyclic amines) is 1. The molecule has 3 rings (SSSR count). The summed E-state index contributed by atoms with van der Waals surface area (Å²) in [6.45, 7) is 1.61. The summed E-state index contributed by atoms with van der Waals surface area (Å²) >= 11 is 0. The Hall–Kier alpha value is -2.28. The van der Waals surface area contributed by atoms with Gasteiger partial charge in [-0.25, -0.2) is 0 Å². The molecule has 1 aliphatic rings. The predicted octanol–water partition coefficient (Wildman–Crippen LogP) is 1.23. The lowest BCUT2D eigenvalue weighted by molar-refractivity contribution is -0.136. The van der Waals surface area contributed by atoms with Crippen LogP contribution in [-0.2, 0) is 16.6 Å². The maximum absolute atomic E-state index is 11.9. The highest BCUT2D eigenvalue weighted by Gasteiger charge is 2.27. The number of rotatable bonds is 4. The van der Waals surface area contributed by atoms with Gasteiger partial charge in [0.1, 0.15) is 12.3 Å². The fourth-order valence-corrected chi connectivity index (χ4v) is 3.07. The summed E-state index contributed by atoms with van der Waals surface area (Å²) in [6.07, 6.45) is 6.98. The van der Waals surface area contributed by atoms with Crippen molar-refractivity contribution in [2.75, 3.05) is 26.8 Å². The summed E-state index contributed by atoms with van der Waals surface area (Å²) in [4.78, 5) is 22.9. The van der Waals surface area contributed by atoms with Gasteiger partial charge in [0.05, 0.1) is 11.4 Å². The maximum atomic E-state index is 11.9. The zero-order valence-corrected chi connectivity index (χ0v) is 13.5. The van der Waals surface area contributed by atoms with Gasteiger partial charge in [-0.15, -0.1) is 0 Å². The first-order valence-electron chi connectivity index (χ1n) is 7.76. The van der Waals surface area contributed by atoms with Crippen molar-refractivity contribution in [3.63, 3.8) is 0 Å². The smallest absolute Gasteiger partial charge is 0.248 e. The third-order valence-electron chi connectivity index (χ3n) is 4.29. The van der Waals surface area contributed by atoms with Crippen LogP contribution in [0.2, 0.25) is 0 Å². The van der Waals surface area contributed by atoms with Crippen LogP contribution in [0.3, 0.4) is 0 Å². The van der Waals surface area contributed by atoms with E-state index in [1.54, 1.807) is 25.7 Å². The highest BCUT2D eigenvalue weighted by molar-refractivity contribution is 5.77. The van der Waals surface area contributed by atoms with Gasteiger partial charge < -0.3 is 9.64 Å². The van der Waals surface area contributed by atoms with Crippen molar-refractivity contribution >= 4 is 5.91 Å². The van der Waals surface area contributed by atoms with Gasteiger partial charge in [0, 0.05) is 51.8 Å². The number of amides is 1. The molecular weight excluding hydrogens is 294 g/mol. The molecule has 1 saturated heterocycles. The minimum atomic E-state index is 0.0527. The molecular formula is C16H21N5O2. The first-order valence-corrected chi connectivity index (χ1v) is 7.76. The monoisotopic (exact) mass is 315 g/mol. The Morgan fingerprint density at radius 2 is 2.00 bits per heavy atom. The second-order valence-corrected chi connectivity index (χ2v) is 5.72. The van der Waals surface area contributed by atoms with Gasteiger partial charge in [-0.1, -0.05) is 0 Å². The van der Waals surface area contributed by atoms with E-state index in [0.717, 1.165) is 43.0 Å². The lowest BCUT2D eigenvalue weighted by Crippen LogP contribution is -2.40. The number of ether oxygens (including phenoxy) is 1. The van der Waals surface area contributed by atoms with E-state index >= 15 is 0 Å². The molecule has 1 fully saturated rings. The van der Waals surface area contributed by atoms with E-state index in [-0.39, 0.29) is 12.5 Å². The van der Waals surface area contributed by atoms with Crippen LogP contribution in [0.4, 0.5) is 0 Å². The Morgan fingerprint density at radius 1 is 1.26 bits per heavy atom. The minimum absolute atomic E-state index is 0.0527. The lowest BCUT2D eigenvalue weighted by Gasteiger charge is -2.32. The molecule has 1 amide bonds. The van der Waals surface area contributed by atoms with E-state index in [4.69, 9.17) is 4.74 Å². The molecule has 7 heteroatoms. The summed E-state index contributed by atoms with van der Waals surface area (Å²) in [5, 5.41) is 4.22. The summed E-state index contributed by atoms with van der Waals surface area (Å²) < 4.78 is 6.74. The Kier molecular flexibility index (Phi) is 4.66. The molecule has 0 radical (unpaired) electrons. The molecule has 2 aromatic heterocycles. The quantitative estimate of drug-likeness (QED) is 0.848. The van der Waals surface area contributed by atoms with E-state index in [0.29, 0.717) is 5.92 Å². The zero-order valence-electron chi connectivity index (χ0n) is 13.5. The van der Waals surface area contributed by atoms with Crippen LogP contribution in [0.25, 0.3) is 11.4 Å². The fourth-order valence-electron chi connectivity index (χ4n) is 3.07. The van der Waals surface area contributed by atoms with Gasteiger partial charge in [-0.2, -0.15) is 5.10 Å². The number of methoxy groups -OCH3 is 1. The molecule has 122 valence electrons. The van der Waals surface area contributed by atoms with Gasteiger partial charge in [0.25, 0.3) is 0 Å². The number of carbonyl (C=O) groups excluding carboxylic acids is 1. The highest BCUT2D eigenvalue weighted by atomic mass is 16.5.